The molecule has 0 aliphatic rings. The lowest BCUT2D eigenvalue weighted by Crippen LogP contribution is -2.10. The number of nitrogens with zero attached hydrogens (tertiary/aromatic N) is 5. The van der Waals surface area contributed by atoms with Crippen molar-refractivity contribution in [1.82, 2.24) is 14.6 Å². The second kappa shape index (κ2) is 7.51. The van der Waals surface area contributed by atoms with Gasteiger partial charge in [0, 0.05) is 25.4 Å². The minimum Gasteiger partial charge on any atom is -0.383 e. The van der Waals surface area contributed by atoms with Crippen LogP contribution in [0, 0.1) is 29.6 Å². The normalized spacial score (nSPS) is 10.3. The minimum atomic E-state index is 0.333. The third kappa shape index (κ3) is 3.41. The van der Waals surface area contributed by atoms with Gasteiger partial charge in [-0.05, 0) is 24.6 Å². The molecule has 2 N–H and O–H groups in total. The van der Waals surface area contributed by atoms with Crippen LogP contribution in [0.5, 0.6) is 0 Å². The van der Waals surface area contributed by atoms with Gasteiger partial charge in [-0.25, -0.2) is 4.98 Å². The van der Waals surface area contributed by atoms with Crippen LogP contribution >= 0.6 is 0 Å². The van der Waals surface area contributed by atoms with Gasteiger partial charge in [0.1, 0.15) is 6.07 Å². The van der Waals surface area contributed by atoms with Crippen LogP contribution in [0.4, 0.5) is 17.2 Å². The number of nitriles is 2. The Hall–Kier alpha value is -3.62. The second-order valence-electron chi connectivity index (χ2n) is 5.62. The number of fused-ring (bicyclic) bond motifs is 1. The summed E-state index contributed by atoms with van der Waals surface area (Å²) in [5.41, 5.74) is 3.86. The number of rotatable bonds is 6. The van der Waals surface area contributed by atoms with Gasteiger partial charge >= 0.3 is 0 Å². The number of hydrogen-bond donors (Lipinski definition) is 2. The van der Waals surface area contributed by atoms with E-state index in [9.17, 15) is 10.5 Å². The molecule has 8 nitrogen and oxygen atoms in total. The van der Waals surface area contributed by atoms with E-state index in [1.807, 2.05) is 25.1 Å². The molecule has 0 spiro atoms. The summed E-state index contributed by atoms with van der Waals surface area (Å²) in [7, 11) is 1.63. The van der Waals surface area contributed by atoms with Crippen molar-refractivity contribution < 1.29 is 4.74 Å². The first-order valence-corrected chi connectivity index (χ1v) is 7.95. The van der Waals surface area contributed by atoms with Gasteiger partial charge in [0.15, 0.2) is 17.2 Å². The van der Waals surface area contributed by atoms with E-state index in [1.54, 1.807) is 13.2 Å². The number of ether oxygens (including phenoxy) is 1. The molecule has 0 bridgehead atoms. The van der Waals surface area contributed by atoms with Gasteiger partial charge in [0.25, 0.3) is 0 Å². The number of anilines is 3. The monoisotopic (exact) mass is 347 g/mol. The molecule has 0 aliphatic carbocycles. The highest BCUT2D eigenvalue weighted by atomic mass is 16.5. The third-order valence-electron chi connectivity index (χ3n) is 3.83. The van der Waals surface area contributed by atoms with E-state index in [0.29, 0.717) is 35.9 Å². The maximum atomic E-state index is 9.26. The maximum absolute atomic E-state index is 9.26. The fourth-order valence-corrected chi connectivity index (χ4v) is 2.49. The maximum Gasteiger partial charge on any atom is 0.178 e. The van der Waals surface area contributed by atoms with Crippen molar-refractivity contribution in [3.63, 3.8) is 0 Å². The molecule has 1 aromatic carbocycles. The molecular weight excluding hydrogens is 330 g/mol. The Labute approximate surface area is 150 Å². The van der Waals surface area contributed by atoms with Crippen LogP contribution in [-0.2, 0) is 4.74 Å². The summed E-state index contributed by atoms with van der Waals surface area (Å²) in [6, 6.07) is 11.6. The third-order valence-corrected chi connectivity index (χ3v) is 3.83. The van der Waals surface area contributed by atoms with E-state index in [0.717, 1.165) is 16.9 Å². The Morgan fingerprint density at radius 2 is 2.08 bits per heavy atom. The Balaban J connectivity index is 2.00. The van der Waals surface area contributed by atoms with Crippen molar-refractivity contribution in [3.8, 4) is 12.1 Å². The zero-order chi connectivity index (χ0) is 18.5. The molecule has 0 saturated carbocycles. The predicted molar refractivity (Wildman–Crippen MR) is 97.2 cm³/mol. The van der Waals surface area contributed by atoms with Gasteiger partial charge < -0.3 is 15.4 Å². The molecular formula is C18H17N7O. The van der Waals surface area contributed by atoms with E-state index in [2.05, 4.69) is 32.9 Å². The molecule has 0 atom stereocenters. The first kappa shape index (κ1) is 17.2. The number of imidazole rings is 1. The Morgan fingerprint density at radius 3 is 2.81 bits per heavy atom. The summed E-state index contributed by atoms with van der Waals surface area (Å²) < 4.78 is 6.54. The first-order valence-electron chi connectivity index (χ1n) is 7.95. The molecule has 26 heavy (non-hydrogen) atoms. The van der Waals surface area contributed by atoms with E-state index >= 15 is 0 Å². The average molecular weight is 347 g/mol. The zero-order valence-electron chi connectivity index (χ0n) is 14.4. The summed E-state index contributed by atoms with van der Waals surface area (Å²) in [6.07, 6.45) is 1.48. The average Bonchev–Trinajstić information content (AvgIpc) is 3.06. The summed E-state index contributed by atoms with van der Waals surface area (Å²) in [5, 5.41) is 29.3. The SMILES string of the molecule is COCCNc1cc(Nc2ccc(C)c(C#N)c2)nn2c(C#N)cnc12. The number of aryl methyl sites for hydroxylation is 1. The number of benzene rings is 1. The summed E-state index contributed by atoms with van der Waals surface area (Å²) >= 11 is 0. The molecule has 130 valence electrons. The molecule has 0 fully saturated rings. The van der Waals surface area contributed by atoms with Gasteiger partial charge in [-0.15, -0.1) is 5.10 Å². The lowest BCUT2D eigenvalue weighted by molar-refractivity contribution is 0.211. The summed E-state index contributed by atoms with van der Waals surface area (Å²) in [4.78, 5) is 4.26. The standard InChI is InChI=1S/C18H17N7O/c1-12-3-4-14(7-13(12)9-19)23-17-8-16(21-5-6-26-2)18-22-11-15(10-20)25(18)24-17/h3-4,7-8,11,21H,5-6H2,1-2H3,(H,23,24). The predicted octanol–water partition coefficient (Wildman–Crippen LogP) is 2.58. The minimum absolute atomic E-state index is 0.333. The number of aromatic nitrogens is 3. The largest absolute Gasteiger partial charge is 0.383 e. The molecule has 2 heterocycles. The Bertz CT molecular complexity index is 1030. The fourth-order valence-electron chi connectivity index (χ4n) is 2.49. The molecule has 3 rings (SSSR count). The molecule has 8 heteroatoms. The second-order valence-corrected chi connectivity index (χ2v) is 5.62. The van der Waals surface area contributed by atoms with Crippen LogP contribution in [0.3, 0.4) is 0 Å². The van der Waals surface area contributed by atoms with Crippen molar-refractivity contribution >= 4 is 22.8 Å². The molecule has 3 aromatic rings. The van der Waals surface area contributed by atoms with E-state index in [4.69, 9.17) is 4.74 Å². The Kier molecular flexibility index (Phi) is 4.97. The fraction of sp³-hybridized carbons (Fsp3) is 0.222. The molecule has 0 unspecified atom stereocenters. The van der Waals surface area contributed by atoms with Crippen molar-refractivity contribution in [2.45, 2.75) is 6.92 Å². The van der Waals surface area contributed by atoms with Gasteiger partial charge in [0.2, 0.25) is 0 Å². The number of nitrogens with one attached hydrogen (secondary N) is 2. The van der Waals surface area contributed by atoms with Crippen molar-refractivity contribution in [1.29, 1.82) is 10.5 Å². The van der Waals surface area contributed by atoms with Crippen LogP contribution in [0.2, 0.25) is 0 Å². The van der Waals surface area contributed by atoms with Crippen LogP contribution in [0.15, 0.2) is 30.5 Å². The lowest BCUT2D eigenvalue weighted by atomic mass is 10.1. The van der Waals surface area contributed by atoms with Crippen molar-refractivity contribution in [3.05, 3.63) is 47.3 Å². The first-order chi connectivity index (χ1) is 12.7. The highest BCUT2D eigenvalue weighted by Crippen LogP contribution is 2.23. The molecule has 0 aliphatic heterocycles. The molecule has 0 radical (unpaired) electrons. The molecule has 0 amide bonds. The summed E-state index contributed by atoms with van der Waals surface area (Å²) in [6.45, 7) is 3.01. The summed E-state index contributed by atoms with van der Waals surface area (Å²) in [5.74, 6) is 0.527. The number of methoxy groups -OCH3 is 1. The van der Waals surface area contributed by atoms with Gasteiger partial charge in [-0.2, -0.15) is 15.0 Å². The van der Waals surface area contributed by atoms with Crippen molar-refractivity contribution in [2.24, 2.45) is 0 Å². The van der Waals surface area contributed by atoms with Crippen LogP contribution in [0.25, 0.3) is 5.65 Å². The van der Waals surface area contributed by atoms with Crippen molar-refractivity contribution in [2.75, 3.05) is 30.9 Å². The van der Waals surface area contributed by atoms with E-state index in [1.165, 1.54) is 10.7 Å². The highest BCUT2D eigenvalue weighted by molar-refractivity contribution is 5.73. The van der Waals surface area contributed by atoms with E-state index in [-0.39, 0.29) is 0 Å². The van der Waals surface area contributed by atoms with Crippen LogP contribution in [0.1, 0.15) is 16.8 Å². The zero-order valence-corrected chi connectivity index (χ0v) is 14.4. The van der Waals surface area contributed by atoms with E-state index < -0.39 is 0 Å². The topological polar surface area (TPSA) is 111 Å². The molecule has 0 saturated heterocycles. The van der Waals surface area contributed by atoms with Crippen LogP contribution in [-0.4, -0.2) is 34.9 Å². The lowest BCUT2D eigenvalue weighted by Gasteiger charge is -2.12. The van der Waals surface area contributed by atoms with Gasteiger partial charge in [0.05, 0.1) is 30.1 Å². The smallest absolute Gasteiger partial charge is 0.178 e. The molecule has 2 aromatic heterocycles. The number of hydrogen-bond acceptors (Lipinski definition) is 7. The quantitative estimate of drug-likeness (QED) is 0.659. The highest BCUT2D eigenvalue weighted by Gasteiger charge is 2.12. The van der Waals surface area contributed by atoms with Crippen LogP contribution < -0.4 is 10.6 Å². The Morgan fingerprint density at radius 1 is 1.23 bits per heavy atom. The van der Waals surface area contributed by atoms with Gasteiger partial charge in [-0.1, -0.05) is 6.07 Å². The van der Waals surface area contributed by atoms with Gasteiger partial charge in [-0.3, -0.25) is 0 Å².